The number of hydrogen-bond acceptors (Lipinski definition) is 4. The van der Waals surface area contributed by atoms with Gasteiger partial charge in [-0.3, -0.25) is 9.59 Å². The molecule has 0 saturated carbocycles. The lowest BCUT2D eigenvalue weighted by molar-refractivity contribution is -0.138. The van der Waals surface area contributed by atoms with Crippen molar-refractivity contribution in [2.24, 2.45) is 5.92 Å². The van der Waals surface area contributed by atoms with E-state index in [1.165, 1.54) is 4.70 Å². The van der Waals surface area contributed by atoms with Crippen LogP contribution in [-0.2, 0) is 11.3 Å². The molecule has 146 valence electrons. The van der Waals surface area contributed by atoms with E-state index in [0.29, 0.717) is 13.1 Å². The first-order valence-corrected chi connectivity index (χ1v) is 10.8. The number of amides is 2. The summed E-state index contributed by atoms with van der Waals surface area (Å²) in [5, 5.41) is 2.07. The number of piperidine rings is 1. The molecule has 27 heavy (non-hydrogen) atoms. The number of likely N-dealkylation sites (N-methyl/N-ethyl adjacent to an activating group) is 1. The maximum Gasteiger partial charge on any atom is 0.270 e. The molecular weight excluding hydrogens is 360 g/mol. The molecule has 4 rings (SSSR count). The Morgan fingerprint density at radius 2 is 1.78 bits per heavy atom. The van der Waals surface area contributed by atoms with Crippen LogP contribution in [0.1, 0.15) is 30.3 Å². The first-order valence-electron chi connectivity index (χ1n) is 9.91. The molecule has 0 spiro atoms. The highest BCUT2D eigenvalue weighted by atomic mass is 32.1. The van der Waals surface area contributed by atoms with Gasteiger partial charge in [0.05, 0.1) is 10.2 Å². The van der Waals surface area contributed by atoms with Crippen molar-refractivity contribution in [3.63, 3.8) is 0 Å². The van der Waals surface area contributed by atoms with Crippen LogP contribution in [0.5, 0.6) is 0 Å². The summed E-state index contributed by atoms with van der Waals surface area (Å²) < 4.78 is 3.27. The van der Waals surface area contributed by atoms with Gasteiger partial charge in [-0.15, -0.1) is 11.3 Å². The van der Waals surface area contributed by atoms with Crippen molar-refractivity contribution in [2.75, 3.05) is 46.3 Å². The van der Waals surface area contributed by atoms with Crippen molar-refractivity contribution in [3.8, 4) is 0 Å². The number of carbonyl (C=O) groups excluding carboxylic acids is 2. The Morgan fingerprint density at radius 3 is 2.44 bits per heavy atom. The fourth-order valence-electron chi connectivity index (χ4n) is 4.27. The number of aromatic nitrogens is 1. The van der Waals surface area contributed by atoms with Gasteiger partial charge in [0.15, 0.2) is 0 Å². The number of hydrogen-bond donors (Lipinski definition) is 0. The van der Waals surface area contributed by atoms with Crippen LogP contribution < -0.4 is 0 Å². The zero-order valence-corrected chi connectivity index (χ0v) is 17.0. The van der Waals surface area contributed by atoms with E-state index in [1.807, 2.05) is 15.9 Å². The summed E-state index contributed by atoms with van der Waals surface area (Å²) in [4.78, 5) is 32.1. The van der Waals surface area contributed by atoms with Gasteiger partial charge in [0.25, 0.3) is 5.91 Å². The van der Waals surface area contributed by atoms with Crippen molar-refractivity contribution < 1.29 is 9.59 Å². The fraction of sp³-hybridized carbons (Fsp3) is 0.600. The Kier molecular flexibility index (Phi) is 5.23. The van der Waals surface area contributed by atoms with Crippen molar-refractivity contribution in [1.29, 1.82) is 0 Å². The maximum atomic E-state index is 13.1. The van der Waals surface area contributed by atoms with Crippen molar-refractivity contribution in [1.82, 2.24) is 19.3 Å². The first-order chi connectivity index (χ1) is 13.1. The number of fused-ring (bicyclic) bond motifs is 1. The molecule has 2 saturated heterocycles. The lowest BCUT2D eigenvalue weighted by atomic mass is 9.94. The minimum absolute atomic E-state index is 0.0684. The summed E-state index contributed by atoms with van der Waals surface area (Å²) in [6.07, 6.45) is 1.55. The second kappa shape index (κ2) is 7.64. The average molecular weight is 389 g/mol. The highest BCUT2D eigenvalue weighted by Crippen LogP contribution is 2.28. The number of piperazine rings is 1. The van der Waals surface area contributed by atoms with E-state index in [1.54, 1.807) is 11.3 Å². The Bertz CT molecular complexity index is 826. The zero-order valence-electron chi connectivity index (χ0n) is 16.2. The topological polar surface area (TPSA) is 48.8 Å². The molecule has 0 radical (unpaired) electrons. The summed E-state index contributed by atoms with van der Waals surface area (Å²) >= 11 is 1.68. The van der Waals surface area contributed by atoms with Crippen LogP contribution in [0.4, 0.5) is 0 Å². The predicted molar refractivity (Wildman–Crippen MR) is 108 cm³/mol. The van der Waals surface area contributed by atoms with Gasteiger partial charge in [-0.05, 0) is 44.3 Å². The SMILES string of the molecule is CCn1c(C(=O)N2CCC(C(=O)N3CCN(C)CC3)CC2)cc2sccc21. The highest BCUT2D eigenvalue weighted by molar-refractivity contribution is 7.17. The lowest BCUT2D eigenvalue weighted by Gasteiger charge is -2.37. The number of nitrogens with zero attached hydrogens (tertiary/aromatic N) is 4. The molecule has 0 aromatic carbocycles. The molecule has 0 bridgehead atoms. The molecular formula is C20H28N4O2S. The lowest BCUT2D eigenvalue weighted by Crippen LogP contribution is -2.51. The largest absolute Gasteiger partial charge is 0.340 e. The Morgan fingerprint density at radius 1 is 1.07 bits per heavy atom. The van der Waals surface area contributed by atoms with Crippen LogP contribution in [-0.4, -0.2) is 77.4 Å². The predicted octanol–water partition coefficient (Wildman–Crippen LogP) is 2.35. The van der Waals surface area contributed by atoms with E-state index in [4.69, 9.17) is 0 Å². The van der Waals surface area contributed by atoms with Crippen LogP contribution >= 0.6 is 11.3 Å². The quantitative estimate of drug-likeness (QED) is 0.811. The van der Waals surface area contributed by atoms with Gasteiger partial charge in [0.2, 0.25) is 5.91 Å². The minimum Gasteiger partial charge on any atom is -0.340 e. The number of carbonyl (C=O) groups is 2. The standard InChI is InChI=1S/C20H28N4O2S/c1-3-24-16-6-13-27-18(16)14-17(24)20(26)22-7-4-15(5-8-22)19(25)23-11-9-21(2)10-12-23/h6,13-15H,3-5,7-12H2,1-2H3. The third-order valence-electron chi connectivity index (χ3n) is 6.00. The molecule has 0 unspecified atom stereocenters. The zero-order chi connectivity index (χ0) is 19.0. The van der Waals surface area contributed by atoms with E-state index >= 15 is 0 Å². The third kappa shape index (κ3) is 3.50. The van der Waals surface area contributed by atoms with Gasteiger partial charge < -0.3 is 19.3 Å². The van der Waals surface area contributed by atoms with Gasteiger partial charge in [-0.2, -0.15) is 0 Å². The normalized spacial score (nSPS) is 19.8. The van der Waals surface area contributed by atoms with E-state index < -0.39 is 0 Å². The summed E-state index contributed by atoms with van der Waals surface area (Å²) in [6, 6.07) is 4.11. The molecule has 7 heteroatoms. The molecule has 2 aliphatic heterocycles. The molecule has 6 nitrogen and oxygen atoms in total. The summed E-state index contributed by atoms with van der Waals surface area (Å²) in [7, 11) is 2.10. The van der Waals surface area contributed by atoms with Crippen LogP contribution in [0.2, 0.25) is 0 Å². The number of thiophene rings is 1. The van der Waals surface area contributed by atoms with Crippen LogP contribution in [0.15, 0.2) is 17.5 Å². The minimum atomic E-state index is 0.0684. The Balaban J connectivity index is 1.39. The maximum absolute atomic E-state index is 13.1. The van der Waals surface area contributed by atoms with Crippen molar-refractivity contribution >= 4 is 33.4 Å². The van der Waals surface area contributed by atoms with Gasteiger partial charge in [-0.25, -0.2) is 0 Å². The van der Waals surface area contributed by atoms with Gasteiger partial charge in [0.1, 0.15) is 5.69 Å². The number of rotatable bonds is 3. The average Bonchev–Trinajstić information content (AvgIpc) is 3.28. The van der Waals surface area contributed by atoms with Crippen molar-refractivity contribution in [3.05, 3.63) is 23.2 Å². The second-order valence-corrected chi connectivity index (χ2v) is 8.59. The Hall–Kier alpha value is -1.86. The highest BCUT2D eigenvalue weighted by Gasteiger charge is 2.32. The van der Waals surface area contributed by atoms with Crippen LogP contribution in [0.25, 0.3) is 10.2 Å². The summed E-state index contributed by atoms with van der Waals surface area (Å²) in [6.45, 7) is 7.78. The molecule has 0 N–H and O–H groups in total. The van der Waals surface area contributed by atoms with Crippen molar-refractivity contribution in [2.45, 2.75) is 26.3 Å². The molecule has 4 heterocycles. The van der Waals surface area contributed by atoms with E-state index in [2.05, 4.69) is 34.9 Å². The molecule has 2 amide bonds. The monoisotopic (exact) mass is 388 g/mol. The molecule has 2 fully saturated rings. The van der Waals surface area contributed by atoms with Gasteiger partial charge in [-0.1, -0.05) is 0 Å². The van der Waals surface area contributed by atoms with Gasteiger partial charge >= 0.3 is 0 Å². The first kappa shape index (κ1) is 18.5. The second-order valence-electron chi connectivity index (χ2n) is 7.64. The molecule has 0 aliphatic carbocycles. The van der Waals surface area contributed by atoms with E-state index in [0.717, 1.165) is 56.8 Å². The Labute approximate surface area is 164 Å². The van der Waals surface area contributed by atoms with Crippen LogP contribution in [0, 0.1) is 5.92 Å². The third-order valence-corrected chi connectivity index (χ3v) is 6.86. The summed E-state index contributed by atoms with van der Waals surface area (Å²) in [5.74, 6) is 0.456. The van der Waals surface area contributed by atoms with Crippen LogP contribution in [0.3, 0.4) is 0 Å². The molecule has 2 aromatic rings. The van der Waals surface area contributed by atoms with Gasteiger partial charge in [0, 0.05) is 51.7 Å². The smallest absolute Gasteiger partial charge is 0.270 e. The fourth-order valence-corrected chi connectivity index (χ4v) is 5.09. The number of aryl methyl sites for hydroxylation is 1. The molecule has 2 aliphatic rings. The summed E-state index contributed by atoms with van der Waals surface area (Å²) in [5.41, 5.74) is 1.93. The van der Waals surface area contributed by atoms with E-state index in [9.17, 15) is 9.59 Å². The van der Waals surface area contributed by atoms with E-state index in [-0.39, 0.29) is 17.7 Å². The number of likely N-dealkylation sites (tertiary alicyclic amines) is 1. The molecule has 2 aromatic heterocycles. The molecule has 0 atom stereocenters.